The van der Waals surface area contributed by atoms with Gasteiger partial charge in [-0.15, -0.1) is 10.2 Å². The molecule has 1 aromatic carbocycles. The average Bonchev–Trinajstić information content (AvgIpc) is 3.59. The minimum atomic E-state index is -0.256. The van der Waals surface area contributed by atoms with E-state index in [1.807, 2.05) is 18.2 Å². The normalized spacial score (nSPS) is 13.2. The van der Waals surface area contributed by atoms with Gasteiger partial charge in [0.2, 0.25) is 0 Å². The Morgan fingerprint density at radius 2 is 1.87 bits per heavy atom. The monoisotopic (exact) mass is 506 g/mol. The van der Waals surface area contributed by atoms with Crippen LogP contribution in [0.25, 0.3) is 11.0 Å². The third-order valence-corrected chi connectivity index (χ3v) is 6.95. The van der Waals surface area contributed by atoms with Crippen molar-refractivity contribution in [2.45, 2.75) is 57.5 Å². The van der Waals surface area contributed by atoms with E-state index in [0.29, 0.717) is 24.7 Å². The van der Waals surface area contributed by atoms with Crippen molar-refractivity contribution in [3.8, 4) is 0 Å². The maximum Gasteiger partial charge on any atom is 0.273 e. The number of pyridine rings is 1. The molecule has 6 rings (SSSR count). The summed E-state index contributed by atoms with van der Waals surface area (Å²) >= 11 is 0. The van der Waals surface area contributed by atoms with Gasteiger partial charge < -0.3 is 10.3 Å². The first-order valence-corrected chi connectivity index (χ1v) is 13.2. The Hall–Kier alpha value is -4.40. The fourth-order valence-electron chi connectivity index (χ4n) is 4.79. The van der Waals surface area contributed by atoms with Crippen LogP contribution in [0.2, 0.25) is 0 Å². The van der Waals surface area contributed by atoms with Crippen molar-refractivity contribution in [1.29, 1.82) is 0 Å². The molecule has 0 aliphatic heterocycles. The van der Waals surface area contributed by atoms with Gasteiger partial charge >= 0.3 is 0 Å². The molecule has 38 heavy (non-hydrogen) atoms. The smallest absolute Gasteiger partial charge is 0.273 e. The molecule has 0 saturated heterocycles. The van der Waals surface area contributed by atoms with E-state index < -0.39 is 0 Å². The van der Waals surface area contributed by atoms with E-state index in [4.69, 9.17) is 0 Å². The van der Waals surface area contributed by atoms with Crippen LogP contribution in [0.4, 0.5) is 0 Å². The van der Waals surface area contributed by atoms with Crippen LogP contribution in [-0.4, -0.2) is 41.1 Å². The number of H-pyrrole nitrogens is 1. The number of benzene rings is 1. The number of unbranched alkanes of at least 4 members (excludes halogenated alkanes) is 1. The van der Waals surface area contributed by atoms with E-state index in [0.717, 1.165) is 42.7 Å². The molecule has 0 bridgehead atoms. The van der Waals surface area contributed by atoms with Gasteiger partial charge in [0.25, 0.3) is 5.91 Å². The molecule has 9 heteroatoms. The topological polar surface area (TPSA) is 114 Å². The molecule has 9 nitrogen and oxygen atoms in total. The highest BCUT2D eigenvalue weighted by Crippen LogP contribution is 2.43. The average molecular weight is 507 g/mol. The molecule has 0 radical (unpaired) electrons. The third kappa shape index (κ3) is 5.61. The highest BCUT2D eigenvalue weighted by molar-refractivity contribution is 5.91. The van der Waals surface area contributed by atoms with Crippen LogP contribution in [0, 0.1) is 0 Å². The minimum absolute atomic E-state index is 0.256. The number of fused-ring (bicyclic) bond motifs is 1. The summed E-state index contributed by atoms with van der Waals surface area (Å²) in [5.74, 6) is 0.366. The molecule has 4 heterocycles. The first-order chi connectivity index (χ1) is 18.7. The van der Waals surface area contributed by atoms with Gasteiger partial charge in [-0.3, -0.25) is 14.5 Å². The summed E-state index contributed by atoms with van der Waals surface area (Å²) in [7, 11) is 0. The van der Waals surface area contributed by atoms with Crippen LogP contribution in [0.3, 0.4) is 0 Å². The van der Waals surface area contributed by atoms with E-state index >= 15 is 0 Å². The molecule has 1 saturated carbocycles. The Kier molecular flexibility index (Phi) is 6.89. The largest absolute Gasteiger partial charge is 0.345 e. The second-order valence-corrected chi connectivity index (χ2v) is 9.88. The standard InChI is InChI=1S/C29H30N8O/c38-29(31-18-23-11-4-6-14-30-23)26-19-37(36-34-26)15-7-5-10-22-17-25-24(16-20-8-2-1-3-9-20)27(21-12-13-21)32-28(25)35-33-22/h1-4,6,8-9,11,14,17,19,21H,5,7,10,12-13,15-16,18H2,(H,31,38)(H,32,35). The lowest BCUT2D eigenvalue weighted by atomic mass is 10.00. The first kappa shape index (κ1) is 24.0. The van der Waals surface area contributed by atoms with Gasteiger partial charge in [-0.1, -0.05) is 41.6 Å². The van der Waals surface area contributed by atoms with Crippen LogP contribution in [0.15, 0.2) is 67.0 Å². The molecule has 192 valence electrons. The molecule has 2 N–H and O–H groups in total. The molecule has 0 unspecified atom stereocenters. The third-order valence-electron chi connectivity index (χ3n) is 6.95. The number of aryl methyl sites for hydroxylation is 2. The van der Waals surface area contributed by atoms with Crippen molar-refractivity contribution in [1.82, 2.24) is 40.5 Å². The summed E-state index contributed by atoms with van der Waals surface area (Å²) in [6, 6.07) is 18.4. The molecule has 1 fully saturated rings. The molecule has 0 atom stereocenters. The summed E-state index contributed by atoms with van der Waals surface area (Å²) < 4.78 is 1.72. The van der Waals surface area contributed by atoms with Gasteiger partial charge in [0.1, 0.15) is 0 Å². The minimum Gasteiger partial charge on any atom is -0.345 e. The zero-order chi connectivity index (χ0) is 25.7. The zero-order valence-electron chi connectivity index (χ0n) is 21.2. The Bertz CT molecular complexity index is 1520. The maximum atomic E-state index is 12.4. The van der Waals surface area contributed by atoms with Crippen LogP contribution in [0.5, 0.6) is 0 Å². The highest BCUT2D eigenvalue weighted by atomic mass is 16.2. The predicted octanol–water partition coefficient (Wildman–Crippen LogP) is 4.37. The quantitative estimate of drug-likeness (QED) is 0.257. The van der Waals surface area contributed by atoms with E-state index in [1.165, 1.54) is 35.0 Å². The fourth-order valence-corrected chi connectivity index (χ4v) is 4.79. The number of aromatic amines is 1. The number of nitrogens with one attached hydrogen (secondary N) is 2. The summed E-state index contributed by atoms with van der Waals surface area (Å²) in [5.41, 5.74) is 7.00. The molecule has 5 aromatic rings. The Balaban J connectivity index is 1.05. The molecular formula is C29H30N8O. The number of amides is 1. The molecular weight excluding hydrogens is 476 g/mol. The predicted molar refractivity (Wildman–Crippen MR) is 143 cm³/mol. The maximum absolute atomic E-state index is 12.4. The second kappa shape index (κ2) is 10.9. The summed E-state index contributed by atoms with van der Waals surface area (Å²) in [6.45, 7) is 1.04. The SMILES string of the molecule is O=C(NCc1ccccn1)c1cn(CCCCc2cc3c(Cc4ccccc4)c(C4CC4)[nH]c3nn2)nn1. The van der Waals surface area contributed by atoms with E-state index in [-0.39, 0.29) is 5.91 Å². The van der Waals surface area contributed by atoms with E-state index in [1.54, 1.807) is 17.1 Å². The second-order valence-electron chi connectivity index (χ2n) is 9.88. The lowest BCUT2D eigenvalue weighted by Crippen LogP contribution is -2.23. The van der Waals surface area contributed by atoms with Crippen LogP contribution in [0.1, 0.15) is 70.3 Å². The van der Waals surface area contributed by atoms with Crippen molar-refractivity contribution in [3.63, 3.8) is 0 Å². The van der Waals surface area contributed by atoms with Crippen molar-refractivity contribution in [2.24, 2.45) is 0 Å². The lowest BCUT2D eigenvalue weighted by molar-refractivity contribution is 0.0945. The summed E-state index contributed by atoms with van der Waals surface area (Å²) in [4.78, 5) is 20.1. The first-order valence-electron chi connectivity index (χ1n) is 13.2. The highest BCUT2D eigenvalue weighted by Gasteiger charge is 2.29. The van der Waals surface area contributed by atoms with Crippen molar-refractivity contribution in [3.05, 3.63) is 101 Å². The van der Waals surface area contributed by atoms with E-state index in [2.05, 4.69) is 72.2 Å². The van der Waals surface area contributed by atoms with Crippen LogP contribution in [-0.2, 0) is 25.9 Å². The number of hydrogen-bond acceptors (Lipinski definition) is 6. The Morgan fingerprint density at radius 3 is 2.68 bits per heavy atom. The van der Waals surface area contributed by atoms with Gasteiger partial charge in [-0.2, -0.15) is 5.10 Å². The van der Waals surface area contributed by atoms with E-state index in [9.17, 15) is 4.79 Å². The number of hydrogen-bond donors (Lipinski definition) is 2. The van der Waals surface area contributed by atoms with Crippen LogP contribution < -0.4 is 5.32 Å². The van der Waals surface area contributed by atoms with Gasteiger partial charge in [0.15, 0.2) is 11.3 Å². The summed E-state index contributed by atoms with van der Waals surface area (Å²) in [6.07, 6.45) is 9.45. The molecule has 0 spiro atoms. The Labute approximate surface area is 220 Å². The molecule has 1 aliphatic rings. The molecule has 4 aromatic heterocycles. The number of carbonyl (C=O) groups is 1. The van der Waals surface area contributed by atoms with Crippen molar-refractivity contribution in [2.75, 3.05) is 0 Å². The number of aromatic nitrogens is 7. The van der Waals surface area contributed by atoms with Gasteiger partial charge in [0.05, 0.1) is 24.1 Å². The number of nitrogens with zero attached hydrogens (tertiary/aromatic N) is 6. The summed E-state index contributed by atoms with van der Waals surface area (Å²) in [5, 5.41) is 21.2. The van der Waals surface area contributed by atoms with Gasteiger partial charge in [-0.05, 0) is 73.8 Å². The zero-order valence-corrected chi connectivity index (χ0v) is 21.2. The Morgan fingerprint density at radius 1 is 1.00 bits per heavy atom. The number of rotatable bonds is 11. The number of carbonyl (C=O) groups excluding carboxylic acids is 1. The van der Waals surface area contributed by atoms with Crippen molar-refractivity contribution >= 4 is 16.9 Å². The van der Waals surface area contributed by atoms with Gasteiger partial charge in [0, 0.05) is 23.8 Å². The lowest BCUT2D eigenvalue weighted by Gasteiger charge is -2.05. The van der Waals surface area contributed by atoms with Crippen molar-refractivity contribution < 1.29 is 4.79 Å². The molecule has 1 aliphatic carbocycles. The molecule has 1 amide bonds. The van der Waals surface area contributed by atoms with Gasteiger partial charge in [-0.25, -0.2) is 0 Å². The fraction of sp³-hybridized carbons (Fsp3) is 0.310. The van der Waals surface area contributed by atoms with Crippen LogP contribution >= 0.6 is 0 Å².